The summed E-state index contributed by atoms with van der Waals surface area (Å²) in [4.78, 5) is 13.9. The number of methoxy groups -OCH3 is 2. The Labute approximate surface area is 131 Å². The molecule has 0 aliphatic heterocycles. The second-order valence-corrected chi connectivity index (χ2v) is 5.12. The molecule has 0 saturated heterocycles. The predicted octanol–water partition coefficient (Wildman–Crippen LogP) is 1.35. The molecular weight excluding hydrogens is 287 g/mol. The molecule has 1 amide bonds. The number of nitrogens with one attached hydrogen (secondary N) is 1. The van der Waals surface area contributed by atoms with Gasteiger partial charge in [-0.1, -0.05) is 12.1 Å². The second-order valence-electron chi connectivity index (χ2n) is 5.12. The maximum absolute atomic E-state index is 13.4. The van der Waals surface area contributed by atoms with E-state index >= 15 is 0 Å². The lowest BCUT2D eigenvalue weighted by Gasteiger charge is -2.21. The fourth-order valence-corrected chi connectivity index (χ4v) is 1.92. The van der Waals surface area contributed by atoms with Crippen molar-refractivity contribution in [3.8, 4) is 0 Å². The van der Waals surface area contributed by atoms with Crippen molar-refractivity contribution < 1.29 is 18.7 Å². The molecule has 1 aromatic carbocycles. The first-order valence-electron chi connectivity index (χ1n) is 7.28. The van der Waals surface area contributed by atoms with E-state index in [1.54, 1.807) is 27.2 Å². The highest BCUT2D eigenvalue weighted by Gasteiger charge is 2.10. The van der Waals surface area contributed by atoms with E-state index in [2.05, 4.69) is 5.32 Å². The Morgan fingerprint density at radius 3 is 2.41 bits per heavy atom. The van der Waals surface area contributed by atoms with Crippen LogP contribution in [0.1, 0.15) is 11.1 Å². The zero-order valence-electron chi connectivity index (χ0n) is 13.5. The lowest BCUT2D eigenvalue weighted by molar-refractivity contribution is -0.122. The molecule has 0 spiro atoms. The number of halogens is 1. The van der Waals surface area contributed by atoms with Crippen LogP contribution >= 0.6 is 0 Å². The molecule has 22 heavy (non-hydrogen) atoms. The largest absolute Gasteiger partial charge is 0.383 e. The number of ether oxygens (including phenoxy) is 2. The highest BCUT2D eigenvalue weighted by atomic mass is 19.1. The highest BCUT2D eigenvalue weighted by molar-refractivity contribution is 5.78. The molecule has 1 aromatic rings. The maximum Gasteiger partial charge on any atom is 0.234 e. The summed E-state index contributed by atoms with van der Waals surface area (Å²) in [5.41, 5.74) is 1.34. The minimum absolute atomic E-state index is 0.104. The molecule has 0 aromatic heterocycles. The molecule has 124 valence electrons. The molecule has 0 heterocycles. The Bertz CT molecular complexity index is 461. The molecule has 0 atom stereocenters. The first-order valence-corrected chi connectivity index (χ1v) is 7.28. The average Bonchev–Trinajstić information content (AvgIpc) is 2.51. The number of hydrogen-bond acceptors (Lipinski definition) is 4. The smallest absolute Gasteiger partial charge is 0.234 e. The SMILES string of the molecule is COCCN(CCOC)CC(=O)NCc1ccc(C)c(F)c1. The van der Waals surface area contributed by atoms with Gasteiger partial charge in [0.15, 0.2) is 0 Å². The number of carbonyl (C=O) groups excluding carboxylic acids is 1. The molecule has 0 aliphatic rings. The van der Waals surface area contributed by atoms with Crippen LogP contribution in [0.15, 0.2) is 18.2 Å². The van der Waals surface area contributed by atoms with E-state index in [1.165, 1.54) is 6.07 Å². The number of nitrogens with zero attached hydrogens (tertiary/aromatic N) is 1. The van der Waals surface area contributed by atoms with Gasteiger partial charge in [0.25, 0.3) is 0 Å². The molecule has 5 nitrogen and oxygen atoms in total. The van der Waals surface area contributed by atoms with Gasteiger partial charge in [-0.25, -0.2) is 4.39 Å². The van der Waals surface area contributed by atoms with E-state index in [1.807, 2.05) is 11.0 Å². The van der Waals surface area contributed by atoms with Gasteiger partial charge in [0.05, 0.1) is 19.8 Å². The van der Waals surface area contributed by atoms with Crippen molar-refractivity contribution in [3.05, 3.63) is 35.1 Å². The van der Waals surface area contributed by atoms with E-state index in [9.17, 15) is 9.18 Å². The lowest BCUT2D eigenvalue weighted by Crippen LogP contribution is -2.40. The summed E-state index contributed by atoms with van der Waals surface area (Å²) < 4.78 is 23.5. The minimum atomic E-state index is -0.256. The summed E-state index contributed by atoms with van der Waals surface area (Å²) in [5.74, 6) is -0.359. The van der Waals surface area contributed by atoms with E-state index in [-0.39, 0.29) is 18.3 Å². The average molecular weight is 312 g/mol. The van der Waals surface area contributed by atoms with E-state index < -0.39 is 0 Å². The molecule has 0 radical (unpaired) electrons. The van der Waals surface area contributed by atoms with Gasteiger partial charge in [0, 0.05) is 33.9 Å². The van der Waals surface area contributed by atoms with Crippen molar-refractivity contribution in [1.29, 1.82) is 0 Å². The Kier molecular flexibility index (Phi) is 8.65. The number of aryl methyl sites for hydroxylation is 1. The van der Waals surface area contributed by atoms with Crippen LogP contribution in [0, 0.1) is 12.7 Å². The van der Waals surface area contributed by atoms with Crippen molar-refractivity contribution in [1.82, 2.24) is 10.2 Å². The van der Waals surface area contributed by atoms with Crippen LogP contribution in [-0.4, -0.2) is 57.9 Å². The van der Waals surface area contributed by atoms with Gasteiger partial charge in [-0.05, 0) is 24.1 Å². The topological polar surface area (TPSA) is 50.8 Å². The van der Waals surface area contributed by atoms with Crippen molar-refractivity contribution in [2.45, 2.75) is 13.5 Å². The molecule has 6 heteroatoms. The second kappa shape index (κ2) is 10.3. The van der Waals surface area contributed by atoms with E-state index in [4.69, 9.17) is 9.47 Å². The molecule has 0 fully saturated rings. The Morgan fingerprint density at radius 1 is 1.23 bits per heavy atom. The highest BCUT2D eigenvalue weighted by Crippen LogP contribution is 2.08. The van der Waals surface area contributed by atoms with Crippen LogP contribution in [-0.2, 0) is 20.8 Å². The van der Waals surface area contributed by atoms with Crippen LogP contribution < -0.4 is 5.32 Å². The normalized spacial score (nSPS) is 11.0. The quantitative estimate of drug-likeness (QED) is 0.708. The molecule has 0 aliphatic carbocycles. The number of benzene rings is 1. The number of hydrogen-bond donors (Lipinski definition) is 1. The Morgan fingerprint density at radius 2 is 1.86 bits per heavy atom. The van der Waals surface area contributed by atoms with Crippen molar-refractivity contribution in [2.75, 3.05) is 47.1 Å². The zero-order valence-corrected chi connectivity index (χ0v) is 13.5. The summed E-state index contributed by atoms with van der Waals surface area (Å²) in [6.45, 7) is 4.72. The summed E-state index contributed by atoms with van der Waals surface area (Å²) in [5, 5.41) is 2.80. The van der Waals surface area contributed by atoms with Gasteiger partial charge in [0.2, 0.25) is 5.91 Å². The van der Waals surface area contributed by atoms with E-state index in [0.717, 1.165) is 5.56 Å². The molecule has 1 rings (SSSR count). The van der Waals surface area contributed by atoms with Crippen molar-refractivity contribution in [3.63, 3.8) is 0 Å². The van der Waals surface area contributed by atoms with Gasteiger partial charge < -0.3 is 14.8 Å². The summed E-state index contributed by atoms with van der Waals surface area (Å²) in [7, 11) is 3.25. The third kappa shape index (κ3) is 6.98. The number of amides is 1. The first-order chi connectivity index (χ1) is 10.6. The van der Waals surface area contributed by atoms with Crippen molar-refractivity contribution in [2.24, 2.45) is 0 Å². The van der Waals surface area contributed by atoms with Gasteiger partial charge in [-0.2, -0.15) is 0 Å². The molecule has 0 unspecified atom stereocenters. The van der Waals surface area contributed by atoms with Crippen molar-refractivity contribution >= 4 is 5.91 Å². The molecule has 0 bridgehead atoms. The summed E-state index contributed by atoms with van der Waals surface area (Å²) in [6.07, 6.45) is 0. The monoisotopic (exact) mass is 312 g/mol. The van der Waals surface area contributed by atoms with E-state index in [0.29, 0.717) is 38.4 Å². The predicted molar refractivity (Wildman–Crippen MR) is 83.2 cm³/mol. The molecule has 0 saturated carbocycles. The zero-order chi connectivity index (χ0) is 16.4. The summed E-state index contributed by atoms with van der Waals surface area (Å²) >= 11 is 0. The van der Waals surface area contributed by atoms with Gasteiger partial charge in [-0.3, -0.25) is 9.69 Å². The number of rotatable bonds is 10. The standard InChI is InChI=1S/C16H25FN2O3/c1-13-4-5-14(10-15(13)17)11-18-16(20)12-19(6-8-21-2)7-9-22-3/h4-5,10H,6-9,11-12H2,1-3H3,(H,18,20). The minimum Gasteiger partial charge on any atom is -0.383 e. The maximum atomic E-state index is 13.4. The van der Waals surface area contributed by atoms with Gasteiger partial charge in [0.1, 0.15) is 5.82 Å². The number of carbonyl (C=O) groups is 1. The van der Waals surface area contributed by atoms with Crippen LogP contribution in [0.2, 0.25) is 0 Å². The van der Waals surface area contributed by atoms with Gasteiger partial charge in [-0.15, -0.1) is 0 Å². The third-order valence-corrected chi connectivity index (χ3v) is 3.32. The molecule has 1 N–H and O–H groups in total. The van der Waals surface area contributed by atoms with Crippen LogP contribution in [0.3, 0.4) is 0 Å². The van der Waals surface area contributed by atoms with Crippen LogP contribution in [0.25, 0.3) is 0 Å². The summed E-state index contributed by atoms with van der Waals surface area (Å²) in [6, 6.07) is 4.97. The molecular formula is C16H25FN2O3. The Hall–Kier alpha value is -1.50. The first kappa shape index (κ1) is 18.5. The fourth-order valence-electron chi connectivity index (χ4n) is 1.92. The fraction of sp³-hybridized carbons (Fsp3) is 0.562. The Balaban J connectivity index is 2.43. The van der Waals surface area contributed by atoms with Crippen LogP contribution in [0.4, 0.5) is 4.39 Å². The third-order valence-electron chi connectivity index (χ3n) is 3.32. The lowest BCUT2D eigenvalue weighted by atomic mass is 10.1. The van der Waals surface area contributed by atoms with Gasteiger partial charge >= 0.3 is 0 Å². The van der Waals surface area contributed by atoms with Crippen LogP contribution in [0.5, 0.6) is 0 Å².